The van der Waals surface area contributed by atoms with E-state index in [-0.39, 0.29) is 54.3 Å². The van der Waals surface area contributed by atoms with E-state index in [1.807, 2.05) is 35.2 Å². The highest BCUT2D eigenvalue weighted by atomic mass is 19.1. The number of carbonyl (C=O) groups excluding carboxylic acids is 4. The molecule has 0 radical (unpaired) electrons. The van der Waals surface area contributed by atoms with Gasteiger partial charge in [0.2, 0.25) is 11.8 Å². The number of hydrogen-bond acceptors (Lipinski definition) is 8. The van der Waals surface area contributed by atoms with Crippen LogP contribution in [0.3, 0.4) is 0 Å². The van der Waals surface area contributed by atoms with Crippen molar-refractivity contribution in [2.75, 3.05) is 58.8 Å². The van der Waals surface area contributed by atoms with E-state index in [2.05, 4.69) is 37.0 Å². The number of nitrogens with zero attached hydrogens (tertiary/aromatic N) is 6. The van der Waals surface area contributed by atoms with Crippen molar-refractivity contribution in [3.8, 4) is 11.1 Å². The smallest absolute Gasteiger partial charge is 0.253 e. The van der Waals surface area contributed by atoms with E-state index in [1.165, 1.54) is 25.5 Å². The average molecular weight is 847 g/mol. The fourth-order valence-electron chi connectivity index (χ4n) is 8.85. The zero-order valence-electron chi connectivity index (χ0n) is 35.8. The molecule has 62 heavy (non-hydrogen) atoms. The molecular weight excluding hydrogens is 791 g/mol. The van der Waals surface area contributed by atoms with Crippen LogP contribution in [0.15, 0.2) is 70.8 Å². The summed E-state index contributed by atoms with van der Waals surface area (Å²) in [6.45, 7) is 3.39. The maximum absolute atomic E-state index is 16.5. The number of anilines is 1. The number of benzene rings is 3. The molecule has 14 heteroatoms. The van der Waals surface area contributed by atoms with Crippen molar-refractivity contribution in [1.29, 1.82) is 0 Å². The molecule has 0 spiro atoms. The van der Waals surface area contributed by atoms with Gasteiger partial charge in [0, 0.05) is 113 Å². The molecule has 1 saturated carbocycles. The van der Waals surface area contributed by atoms with Gasteiger partial charge in [0.05, 0.1) is 11.7 Å². The third-order valence-corrected chi connectivity index (χ3v) is 12.4. The lowest BCUT2D eigenvalue weighted by Gasteiger charge is -2.34. The Hall–Kier alpha value is -6.18. The number of aldehydes is 1. The van der Waals surface area contributed by atoms with Gasteiger partial charge >= 0.3 is 0 Å². The number of amides is 3. The first kappa shape index (κ1) is 43.9. The summed E-state index contributed by atoms with van der Waals surface area (Å²) in [7, 11) is 4.96. The minimum atomic E-state index is -0.716. The summed E-state index contributed by atoms with van der Waals surface area (Å²) >= 11 is 0. The molecular formula is C48H56F2N8O4. The highest BCUT2D eigenvalue weighted by Crippen LogP contribution is 2.41. The monoisotopic (exact) mass is 846 g/mol. The topological polar surface area (TPSA) is 146 Å². The van der Waals surface area contributed by atoms with Gasteiger partial charge in [-0.2, -0.15) is 5.10 Å². The van der Waals surface area contributed by atoms with Crippen molar-refractivity contribution < 1.29 is 28.0 Å². The van der Waals surface area contributed by atoms with E-state index in [1.54, 1.807) is 31.1 Å². The Morgan fingerprint density at radius 2 is 1.74 bits per heavy atom. The lowest BCUT2D eigenvalue weighted by atomic mass is 9.87. The number of piperidine rings is 1. The van der Waals surface area contributed by atoms with Crippen molar-refractivity contribution in [2.45, 2.75) is 69.7 Å². The SMILES string of the molecule is CNC(=O)CCC(C=O)c1ccc(N2CCC(c3ccc(-c4cc(C(=O)N(C)C)cc5cc(C6=CCCN(C(=O)CCN=C/C=N\N)C6)n(CC6CC6)c45)cc3F)CC2)cc1F. The molecule has 3 amide bonds. The largest absolute Gasteiger partial charge is 0.371 e. The first-order valence-corrected chi connectivity index (χ1v) is 21.6. The Bertz CT molecular complexity index is 2410. The third-order valence-electron chi connectivity index (χ3n) is 12.4. The van der Waals surface area contributed by atoms with Crippen molar-refractivity contribution in [3.05, 3.63) is 94.7 Å². The molecule has 2 aliphatic heterocycles. The third kappa shape index (κ3) is 9.95. The molecule has 0 bridgehead atoms. The van der Waals surface area contributed by atoms with Crippen molar-refractivity contribution >= 4 is 58.6 Å². The number of halogens is 2. The number of hydrogen-bond donors (Lipinski definition) is 2. The lowest BCUT2D eigenvalue weighted by Crippen LogP contribution is -2.36. The fraction of sp³-hybridized carbons (Fsp3) is 0.417. The summed E-state index contributed by atoms with van der Waals surface area (Å²) in [4.78, 5) is 60.0. The summed E-state index contributed by atoms with van der Waals surface area (Å²) in [6, 6.07) is 16.2. The molecule has 2 fully saturated rings. The maximum Gasteiger partial charge on any atom is 0.253 e. The summed E-state index contributed by atoms with van der Waals surface area (Å²) in [5, 5.41) is 6.81. The van der Waals surface area contributed by atoms with Crippen molar-refractivity contribution in [1.82, 2.24) is 19.7 Å². The van der Waals surface area contributed by atoms with Crippen LogP contribution in [-0.2, 0) is 20.9 Å². The number of nitrogens with two attached hydrogens (primary N) is 1. The fourth-order valence-corrected chi connectivity index (χ4v) is 8.85. The van der Waals surface area contributed by atoms with Gasteiger partial charge in [-0.1, -0.05) is 24.3 Å². The van der Waals surface area contributed by atoms with Crippen LogP contribution in [0.4, 0.5) is 14.5 Å². The lowest BCUT2D eigenvalue weighted by molar-refractivity contribution is -0.130. The average Bonchev–Trinajstić information content (AvgIpc) is 4.04. The highest BCUT2D eigenvalue weighted by molar-refractivity contribution is 6.15. The predicted molar refractivity (Wildman–Crippen MR) is 241 cm³/mol. The molecule has 3 aromatic carbocycles. The van der Waals surface area contributed by atoms with Gasteiger partial charge in [0.15, 0.2) is 0 Å². The van der Waals surface area contributed by atoms with Crippen LogP contribution in [0, 0.1) is 17.6 Å². The van der Waals surface area contributed by atoms with E-state index in [0.717, 1.165) is 47.1 Å². The second kappa shape index (κ2) is 19.7. The first-order valence-electron chi connectivity index (χ1n) is 21.6. The predicted octanol–water partition coefficient (Wildman–Crippen LogP) is 6.91. The minimum absolute atomic E-state index is 0.0201. The summed E-state index contributed by atoms with van der Waals surface area (Å²) < 4.78 is 34.2. The van der Waals surface area contributed by atoms with Gasteiger partial charge in [0.25, 0.3) is 5.91 Å². The van der Waals surface area contributed by atoms with Crippen molar-refractivity contribution in [3.63, 3.8) is 0 Å². The van der Waals surface area contributed by atoms with Gasteiger partial charge in [-0.25, -0.2) is 8.78 Å². The van der Waals surface area contributed by atoms with Gasteiger partial charge < -0.3 is 35.2 Å². The number of fused-ring (bicyclic) bond motifs is 1. The van der Waals surface area contributed by atoms with E-state index in [9.17, 15) is 19.2 Å². The Labute approximate surface area is 361 Å². The Balaban J connectivity index is 1.14. The zero-order chi connectivity index (χ0) is 43.9. The molecule has 3 aliphatic rings. The summed E-state index contributed by atoms with van der Waals surface area (Å²) in [6.07, 6.45) is 10.7. The quantitative estimate of drug-likeness (QED) is 0.0543. The molecule has 1 saturated heterocycles. The molecule has 326 valence electrons. The Morgan fingerprint density at radius 3 is 2.42 bits per heavy atom. The van der Waals surface area contributed by atoms with E-state index in [4.69, 9.17) is 5.84 Å². The number of aliphatic imine (C=N–C) groups is 1. The molecule has 3 N–H and O–H groups in total. The van der Waals surface area contributed by atoms with Crippen LogP contribution in [0.1, 0.15) is 90.4 Å². The molecule has 1 atom stereocenters. The Kier molecular flexibility index (Phi) is 13.9. The highest BCUT2D eigenvalue weighted by Gasteiger charge is 2.30. The number of nitrogens with one attached hydrogen (secondary N) is 1. The normalized spacial score (nSPS) is 16.6. The van der Waals surface area contributed by atoms with Crippen LogP contribution in [0.25, 0.3) is 27.6 Å². The molecule has 1 aromatic heterocycles. The molecule has 4 aromatic rings. The standard InChI is InChI=1S/C48H56F2N8O4/c1-52-45(60)13-9-35(30-59)40-12-10-38(27-43(40)50)56-21-15-32(16-22-56)39-11-8-33(25-42(39)49)41-24-37(48(62)55(2)3)23-36-26-44(58(47(36)41)28-31-6-7-31)34-5-4-20-57(29-34)46(61)14-17-53-18-19-54-51/h5,8,10-12,18-19,23-27,30-32,35H,4,6-7,9,13-17,20-22,28-29,51H2,1-3H3,(H,52,60)/b53-18?,54-19-. The minimum Gasteiger partial charge on any atom is -0.371 e. The number of carbonyl (C=O) groups is 4. The zero-order valence-corrected chi connectivity index (χ0v) is 35.8. The van der Waals surface area contributed by atoms with Crippen LogP contribution in [-0.4, -0.2) is 105 Å². The molecule has 3 heterocycles. The summed E-state index contributed by atoms with van der Waals surface area (Å²) in [5.74, 6) is 3.75. The van der Waals surface area contributed by atoms with Gasteiger partial charge in [-0.15, -0.1) is 0 Å². The first-order chi connectivity index (χ1) is 30.0. The maximum atomic E-state index is 16.5. The second-order valence-electron chi connectivity index (χ2n) is 16.8. The van der Waals surface area contributed by atoms with Crippen LogP contribution < -0.4 is 16.1 Å². The molecule has 12 nitrogen and oxygen atoms in total. The van der Waals surface area contributed by atoms with Crippen LogP contribution in [0.2, 0.25) is 0 Å². The Morgan fingerprint density at radius 1 is 0.952 bits per heavy atom. The van der Waals surface area contributed by atoms with Gasteiger partial charge in [0.1, 0.15) is 17.9 Å². The van der Waals surface area contributed by atoms with Crippen LogP contribution >= 0.6 is 0 Å². The van der Waals surface area contributed by atoms with Gasteiger partial charge in [-0.05, 0) is 109 Å². The van der Waals surface area contributed by atoms with Crippen LogP contribution in [0.5, 0.6) is 0 Å². The molecule has 1 aliphatic carbocycles. The second-order valence-corrected chi connectivity index (χ2v) is 16.8. The number of rotatable bonds is 16. The summed E-state index contributed by atoms with van der Waals surface area (Å²) in [5.41, 5.74) is 6.54. The van der Waals surface area contributed by atoms with E-state index >= 15 is 8.78 Å². The van der Waals surface area contributed by atoms with Crippen molar-refractivity contribution in [2.24, 2.45) is 21.9 Å². The van der Waals surface area contributed by atoms with Gasteiger partial charge in [-0.3, -0.25) is 19.4 Å². The van der Waals surface area contributed by atoms with E-state index < -0.39 is 11.7 Å². The van der Waals surface area contributed by atoms with E-state index in [0.29, 0.717) is 86.6 Å². The molecule has 7 rings (SSSR count). The molecule has 1 unspecified atom stereocenters. The number of hydrazone groups is 1. The number of aromatic nitrogens is 1.